The molecule has 2 heterocycles. The van der Waals surface area contributed by atoms with Gasteiger partial charge in [0.15, 0.2) is 5.76 Å². The molecule has 0 spiro atoms. The van der Waals surface area contributed by atoms with Crippen LogP contribution in [0.5, 0.6) is 0 Å². The number of carbonyl (C=O) groups is 2. The monoisotopic (exact) mass is 412 g/mol. The normalized spacial score (nSPS) is 16.2. The van der Waals surface area contributed by atoms with Gasteiger partial charge in [-0.05, 0) is 37.2 Å². The molecule has 1 aliphatic rings. The number of carbonyl (C=O) groups excluding carboxylic acids is 2. The molecule has 2 aromatic rings. The largest absolute Gasteiger partial charge is 0.459 e. The number of nitrogens with zero attached hydrogens (tertiary/aromatic N) is 2. The summed E-state index contributed by atoms with van der Waals surface area (Å²) in [6.07, 6.45) is 2.77. The number of likely N-dealkylation sites (N-methyl/N-ethyl adjacent to an activating group) is 1. The van der Waals surface area contributed by atoms with E-state index in [9.17, 15) is 9.59 Å². The molecule has 0 radical (unpaired) electrons. The van der Waals surface area contributed by atoms with Crippen LogP contribution in [0.15, 0.2) is 53.1 Å². The van der Waals surface area contributed by atoms with Crippen molar-refractivity contribution < 1.29 is 14.0 Å². The molecule has 1 atom stereocenters. The van der Waals surface area contributed by atoms with Crippen LogP contribution < -0.4 is 10.6 Å². The first kappa shape index (κ1) is 22.1. The quantitative estimate of drug-likeness (QED) is 0.582. The van der Waals surface area contributed by atoms with Crippen LogP contribution in [0.1, 0.15) is 29.5 Å². The van der Waals surface area contributed by atoms with Gasteiger partial charge in [0.2, 0.25) is 5.91 Å². The summed E-state index contributed by atoms with van der Waals surface area (Å²) in [5.74, 6) is -0.355. The minimum atomic E-state index is -0.655. The summed E-state index contributed by atoms with van der Waals surface area (Å²) in [7, 11) is 0. The van der Waals surface area contributed by atoms with Gasteiger partial charge in [0.05, 0.1) is 6.26 Å². The van der Waals surface area contributed by atoms with Crippen molar-refractivity contribution >= 4 is 11.8 Å². The van der Waals surface area contributed by atoms with Crippen molar-refractivity contribution in [2.24, 2.45) is 0 Å². The first-order valence-electron chi connectivity index (χ1n) is 10.8. The zero-order valence-electron chi connectivity index (χ0n) is 17.7. The van der Waals surface area contributed by atoms with E-state index in [-0.39, 0.29) is 17.6 Å². The fourth-order valence-corrected chi connectivity index (χ4v) is 3.66. The van der Waals surface area contributed by atoms with Crippen LogP contribution in [0.4, 0.5) is 0 Å². The number of furan rings is 1. The highest BCUT2D eigenvalue weighted by molar-refractivity contribution is 5.95. The number of piperazine rings is 1. The number of hydrogen-bond donors (Lipinski definition) is 2. The minimum absolute atomic E-state index is 0.172. The lowest BCUT2D eigenvalue weighted by molar-refractivity contribution is -0.123. The molecule has 1 unspecified atom stereocenters. The van der Waals surface area contributed by atoms with Gasteiger partial charge in [-0.3, -0.25) is 9.59 Å². The molecule has 1 saturated heterocycles. The molecular weight excluding hydrogens is 380 g/mol. The van der Waals surface area contributed by atoms with Crippen LogP contribution in [0.25, 0.3) is 0 Å². The summed E-state index contributed by atoms with van der Waals surface area (Å²) in [6.45, 7) is 9.25. The summed E-state index contributed by atoms with van der Waals surface area (Å²) < 4.78 is 5.15. The Morgan fingerprint density at radius 3 is 2.43 bits per heavy atom. The maximum absolute atomic E-state index is 12.8. The van der Waals surface area contributed by atoms with Crippen molar-refractivity contribution in [1.29, 1.82) is 0 Å². The number of amides is 2. The molecule has 2 N–H and O–H groups in total. The van der Waals surface area contributed by atoms with Crippen LogP contribution in [0.2, 0.25) is 0 Å². The summed E-state index contributed by atoms with van der Waals surface area (Å²) >= 11 is 0. The number of benzene rings is 1. The molecule has 0 saturated carbocycles. The maximum atomic E-state index is 12.8. The van der Waals surface area contributed by atoms with E-state index in [4.69, 9.17) is 4.42 Å². The van der Waals surface area contributed by atoms with Gasteiger partial charge >= 0.3 is 0 Å². The Labute approximate surface area is 178 Å². The average molecular weight is 413 g/mol. The minimum Gasteiger partial charge on any atom is -0.459 e. The zero-order chi connectivity index (χ0) is 21.2. The average Bonchev–Trinajstić information content (AvgIpc) is 3.32. The van der Waals surface area contributed by atoms with Crippen LogP contribution in [0, 0.1) is 0 Å². The molecule has 1 fully saturated rings. The van der Waals surface area contributed by atoms with E-state index in [2.05, 4.69) is 27.4 Å². The van der Waals surface area contributed by atoms with E-state index in [1.54, 1.807) is 12.1 Å². The van der Waals surface area contributed by atoms with Crippen molar-refractivity contribution in [3.05, 3.63) is 60.1 Å². The van der Waals surface area contributed by atoms with Crippen molar-refractivity contribution in [3.8, 4) is 0 Å². The molecule has 1 aliphatic heterocycles. The van der Waals surface area contributed by atoms with Gasteiger partial charge in [-0.25, -0.2) is 0 Å². The summed E-state index contributed by atoms with van der Waals surface area (Å²) in [6, 6.07) is 12.3. The van der Waals surface area contributed by atoms with Gasteiger partial charge < -0.3 is 24.9 Å². The molecule has 2 amide bonds. The SMILES string of the molecule is CCN1CCN(CCCNC(=O)C(Cc2ccccc2)NC(=O)c2ccco2)CC1. The van der Waals surface area contributed by atoms with Gasteiger partial charge in [-0.15, -0.1) is 0 Å². The van der Waals surface area contributed by atoms with E-state index in [0.717, 1.165) is 51.3 Å². The molecule has 162 valence electrons. The lowest BCUT2D eigenvalue weighted by Crippen LogP contribution is -2.49. The highest BCUT2D eigenvalue weighted by Gasteiger charge is 2.23. The summed E-state index contributed by atoms with van der Waals surface area (Å²) in [5, 5.41) is 5.80. The Bertz CT molecular complexity index is 771. The Hall–Kier alpha value is -2.64. The standard InChI is InChI=1S/C23H32N4O3/c1-2-26-13-15-27(16-14-26)12-7-11-24-22(28)20(18-19-8-4-3-5-9-19)25-23(29)21-10-6-17-30-21/h3-6,8-10,17,20H,2,7,11-16,18H2,1H3,(H,24,28)(H,25,29). The van der Waals surface area contributed by atoms with E-state index in [1.165, 1.54) is 6.26 Å². The Kier molecular flexibility index (Phi) is 8.47. The maximum Gasteiger partial charge on any atom is 0.287 e. The first-order chi connectivity index (χ1) is 14.7. The molecule has 3 rings (SSSR count). The Morgan fingerprint density at radius 2 is 1.77 bits per heavy atom. The van der Waals surface area contributed by atoms with Gasteiger partial charge in [-0.1, -0.05) is 37.3 Å². The van der Waals surface area contributed by atoms with Crippen molar-refractivity contribution in [2.45, 2.75) is 25.8 Å². The fourth-order valence-electron chi connectivity index (χ4n) is 3.66. The van der Waals surface area contributed by atoms with Gasteiger partial charge in [0, 0.05) is 39.1 Å². The van der Waals surface area contributed by atoms with Crippen molar-refractivity contribution in [2.75, 3.05) is 45.8 Å². The van der Waals surface area contributed by atoms with E-state index in [0.29, 0.717) is 13.0 Å². The molecule has 1 aromatic heterocycles. The second-order valence-electron chi connectivity index (χ2n) is 7.61. The van der Waals surface area contributed by atoms with Crippen LogP contribution in [-0.2, 0) is 11.2 Å². The predicted molar refractivity (Wildman–Crippen MR) is 116 cm³/mol. The Morgan fingerprint density at radius 1 is 1.03 bits per heavy atom. The first-order valence-corrected chi connectivity index (χ1v) is 10.8. The molecular formula is C23H32N4O3. The van der Waals surface area contributed by atoms with Crippen molar-refractivity contribution in [1.82, 2.24) is 20.4 Å². The Balaban J connectivity index is 1.48. The third-order valence-electron chi connectivity index (χ3n) is 5.51. The number of rotatable bonds is 10. The summed E-state index contributed by atoms with van der Waals surface area (Å²) in [4.78, 5) is 30.1. The molecule has 0 bridgehead atoms. The smallest absolute Gasteiger partial charge is 0.287 e. The molecule has 7 nitrogen and oxygen atoms in total. The van der Waals surface area contributed by atoms with E-state index >= 15 is 0 Å². The third kappa shape index (κ3) is 6.71. The third-order valence-corrected chi connectivity index (χ3v) is 5.51. The molecule has 1 aromatic carbocycles. The second-order valence-corrected chi connectivity index (χ2v) is 7.61. The molecule has 30 heavy (non-hydrogen) atoms. The van der Waals surface area contributed by atoms with Gasteiger partial charge in [0.1, 0.15) is 6.04 Å². The van der Waals surface area contributed by atoms with E-state index < -0.39 is 6.04 Å². The van der Waals surface area contributed by atoms with Gasteiger partial charge in [-0.2, -0.15) is 0 Å². The van der Waals surface area contributed by atoms with Crippen molar-refractivity contribution in [3.63, 3.8) is 0 Å². The molecule has 0 aliphatic carbocycles. The zero-order valence-corrected chi connectivity index (χ0v) is 17.7. The highest BCUT2D eigenvalue weighted by atomic mass is 16.3. The highest BCUT2D eigenvalue weighted by Crippen LogP contribution is 2.07. The summed E-state index contributed by atoms with van der Waals surface area (Å²) in [5.41, 5.74) is 0.992. The lowest BCUT2D eigenvalue weighted by Gasteiger charge is -2.34. The second kappa shape index (κ2) is 11.5. The number of hydrogen-bond acceptors (Lipinski definition) is 5. The van der Waals surface area contributed by atoms with Gasteiger partial charge in [0.25, 0.3) is 5.91 Å². The lowest BCUT2D eigenvalue weighted by atomic mass is 10.0. The molecule has 7 heteroatoms. The topological polar surface area (TPSA) is 77.8 Å². The predicted octanol–water partition coefficient (Wildman–Crippen LogP) is 1.76. The van der Waals surface area contributed by atoms with Crippen LogP contribution >= 0.6 is 0 Å². The fraction of sp³-hybridized carbons (Fsp3) is 0.478. The number of nitrogens with one attached hydrogen (secondary N) is 2. The van der Waals surface area contributed by atoms with Crippen LogP contribution in [0.3, 0.4) is 0 Å². The van der Waals surface area contributed by atoms with E-state index in [1.807, 2.05) is 30.3 Å². The van der Waals surface area contributed by atoms with Crippen LogP contribution in [-0.4, -0.2) is 73.5 Å².